The molecule has 2 aromatic rings. The highest BCUT2D eigenvalue weighted by Gasteiger charge is 2.35. The zero-order chi connectivity index (χ0) is 24.2. The van der Waals surface area contributed by atoms with Crippen LogP contribution in [0, 0.1) is 12.7 Å². The molecule has 0 aromatic heterocycles. The van der Waals surface area contributed by atoms with Crippen LogP contribution in [0.3, 0.4) is 0 Å². The number of thioether (sulfide) groups is 1. The van der Waals surface area contributed by atoms with Crippen molar-refractivity contribution in [1.29, 1.82) is 0 Å². The molecule has 0 saturated carbocycles. The molecule has 3 rings (SSSR count). The van der Waals surface area contributed by atoms with Crippen molar-refractivity contribution in [2.45, 2.75) is 13.1 Å². The van der Waals surface area contributed by atoms with Gasteiger partial charge in [-0.25, -0.2) is 4.39 Å². The normalized spacial score (nSPS) is 15.2. The number of hydrogen-bond acceptors (Lipinski definition) is 6. The number of amidine groups is 1. The lowest BCUT2D eigenvalue weighted by Crippen LogP contribution is -2.33. The largest absolute Gasteiger partial charge is 0.454 e. The SMILES string of the molecule is Cc1ccc(Oc2ccc(/C=C3\SC(N(CCO)CCO)=NC3=O)cc2F)c(C(F)(F)F)c1. The molecule has 1 aliphatic heterocycles. The molecule has 1 aliphatic rings. The van der Waals surface area contributed by atoms with E-state index in [4.69, 9.17) is 14.9 Å². The number of alkyl halides is 3. The molecule has 2 N–H and O–H groups in total. The minimum absolute atomic E-state index is 0.173. The molecule has 6 nitrogen and oxygen atoms in total. The number of carbonyl (C=O) groups is 1. The molecular formula is C22H20F4N2O4S. The van der Waals surface area contributed by atoms with E-state index in [9.17, 15) is 22.4 Å². The fourth-order valence-corrected chi connectivity index (χ4v) is 3.96. The van der Waals surface area contributed by atoms with E-state index >= 15 is 0 Å². The zero-order valence-electron chi connectivity index (χ0n) is 17.4. The quantitative estimate of drug-likeness (QED) is 0.453. The molecule has 2 aromatic carbocycles. The van der Waals surface area contributed by atoms with E-state index < -0.39 is 35.0 Å². The zero-order valence-corrected chi connectivity index (χ0v) is 18.2. The second-order valence-electron chi connectivity index (χ2n) is 7.03. The Hall–Kier alpha value is -2.89. The molecule has 176 valence electrons. The highest BCUT2D eigenvalue weighted by Crippen LogP contribution is 2.39. The average molecular weight is 484 g/mol. The number of amides is 1. The number of benzene rings is 2. The average Bonchev–Trinajstić information content (AvgIpc) is 3.10. The molecule has 0 saturated heterocycles. The van der Waals surface area contributed by atoms with Gasteiger partial charge in [0.15, 0.2) is 16.7 Å². The molecule has 0 bridgehead atoms. The Bertz CT molecular complexity index is 1100. The smallest absolute Gasteiger partial charge is 0.419 e. The van der Waals surface area contributed by atoms with E-state index in [2.05, 4.69) is 4.99 Å². The Morgan fingerprint density at radius 1 is 1.09 bits per heavy atom. The lowest BCUT2D eigenvalue weighted by molar-refractivity contribution is -0.138. The predicted molar refractivity (Wildman–Crippen MR) is 116 cm³/mol. The van der Waals surface area contributed by atoms with Crippen molar-refractivity contribution in [3.63, 3.8) is 0 Å². The molecule has 0 fully saturated rings. The molecule has 0 aliphatic carbocycles. The first kappa shape index (κ1) is 24.7. The van der Waals surface area contributed by atoms with Crippen molar-refractivity contribution >= 4 is 28.9 Å². The van der Waals surface area contributed by atoms with Crippen LogP contribution in [-0.2, 0) is 11.0 Å². The fourth-order valence-electron chi connectivity index (χ4n) is 2.99. The second kappa shape index (κ2) is 10.4. The summed E-state index contributed by atoms with van der Waals surface area (Å²) in [6, 6.07) is 7.09. The van der Waals surface area contributed by atoms with E-state index in [1.165, 1.54) is 31.2 Å². The van der Waals surface area contributed by atoms with Gasteiger partial charge in [-0.2, -0.15) is 18.2 Å². The first-order valence-electron chi connectivity index (χ1n) is 9.77. The Labute approximate surface area is 191 Å². The number of aliphatic imine (C=N–C) groups is 1. The number of aryl methyl sites for hydroxylation is 1. The van der Waals surface area contributed by atoms with Gasteiger partial charge in [0.25, 0.3) is 5.91 Å². The summed E-state index contributed by atoms with van der Waals surface area (Å²) in [5.74, 6) is -2.39. The second-order valence-corrected chi connectivity index (χ2v) is 8.04. The number of carbonyl (C=O) groups excluding carboxylic acids is 1. The predicted octanol–water partition coefficient (Wildman–Crippen LogP) is 4.20. The van der Waals surface area contributed by atoms with E-state index in [0.29, 0.717) is 10.7 Å². The van der Waals surface area contributed by atoms with Gasteiger partial charge in [-0.05, 0) is 54.6 Å². The standard InChI is InChI=1S/C22H20F4N2O4S/c1-13-2-4-17(15(10-13)22(24,25)26)32-18-5-3-14(11-16(18)23)12-19-20(31)27-21(33-19)28(6-8-29)7-9-30/h2-5,10-12,29-30H,6-9H2,1H3/b19-12-. The summed E-state index contributed by atoms with van der Waals surface area (Å²) in [6.07, 6.45) is -3.28. The molecule has 11 heteroatoms. The molecule has 33 heavy (non-hydrogen) atoms. The first-order valence-corrected chi connectivity index (χ1v) is 10.6. The van der Waals surface area contributed by atoms with Crippen LogP contribution in [0.2, 0.25) is 0 Å². The Balaban J connectivity index is 1.80. The monoisotopic (exact) mass is 484 g/mol. The summed E-state index contributed by atoms with van der Waals surface area (Å²) in [7, 11) is 0. The van der Waals surface area contributed by atoms with Crippen LogP contribution in [0.4, 0.5) is 17.6 Å². The van der Waals surface area contributed by atoms with Crippen LogP contribution in [0.15, 0.2) is 46.3 Å². The van der Waals surface area contributed by atoms with Crippen molar-refractivity contribution in [2.75, 3.05) is 26.3 Å². The van der Waals surface area contributed by atoms with Crippen molar-refractivity contribution in [3.8, 4) is 11.5 Å². The maximum atomic E-state index is 14.6. The van der Waals surface area contributed by atoms with Crippen LogP contribution in [-0.4, -0.2) is 52.5 Å². The van der Waals surface area contributed by atoms with Gasteiger partial charge in [0, 0.05) is 13.1 Å². The Morgan fingerprint density at radius 2 is 1.76 bits per heavy atom. The Morgan fingerprint density at radius 3 is 2.36 bits per heavy atom. The fraction of sp³-hybridized carbons (Fsp3) is 0.273. The maximum absolute atomic E-state index is 14.6. The third kappa shape index (κ3) is 6.12. The van der Waals surface area contributed by atoms with Gasteiger partial charge in [-0.1, -0.05) is 17.7 Å². The van der Waals surface area contributed by atoms with E-state index in [0.717, 1.165) is 30.0 Å². The van der Waals surface area contributed by atoms with Crippen LogP contribution >= 0.6 is 11.8 Å². The molecule has 0 unspecified atom stereocenters. The van der Waals surface area contributed by atoms with Gasteiger partial charge in [-0.15, -0.1) is 0 Å². The van der Waals surface area contributed by atoms with Crippen LogP contribution in [0.5, 0.6) is 11.5 Å². The number of halogens is 4. The molecule has 0 radical (unpaired) electrons. The van der Waals surface area contributed by atoms with Crippen molar-refractivity contribution in [3.05, 3.63) is 63.8 Å². The molecule has 0 spiro atoms. The number of aliphatic hydroxyl groups is 2. The Kier molecular flexibility index (Phi) is 7.77. The number of hydrogen-bond donors (Lipinski definition) is 2. The van der Waals surface area contributed by atoms with E-state index in [1.54, 1.807) is 4.90 Å². The topological polar surface area (TPSA) is 82.4 Å². The van der Waals surface area contributed by atoms with E-state index in [-0.39, 0.29) is 36.8 Å². The number of rotatable bonds is 7. The van der Waals surface area contributed by atoms with Gasteiger partial charge in [0.05, 0.1) is 23.7 Å². The molecular weight excluding hydrogens is 464 g/mol. The lowest BCUT2D eigenvalue weighted by Gasteiger charge is -2.20. The maximum Gasteiger partial charge on any atom is 0.419 e. The summed E-state index contributed by atoms with van der Waals surface area (Å²) in [5.41, 5.74) is -0.349. The van der Waals surface area contributed by atoms with Gasteiger partial charge in [0.1, 0.15) is 5.75 Å². The lowest BCUT2D eigenvalue weighted by atomic mass is 10.1. The highest BCUT2D eigenvalue weighted by atomic mass is 32.2. The highest BCUT2D eigenvalue weighted by molar-refractivity contribution is 8.18. The number of ether oxygens (including phenoxy) is 1. The number of nitrogens with zero attached hydrogens (tertiary/aromatic N) is 2. The minimum atomic E-state index is -4.67. The van der Waals surface area contributed by atoms with Crippen LogP contribution in [0.25, 0.3) is 6.08 Å². The van der Waals surface area contributed by atoms with Crippen molar-refractivity contribution < 1.29 is 37.3 Å². The minimum Gasteiger partial charge on any atom is -0.454 e. The first-order chi connectivity index (χ1) is 15.6. The van der Waals surface area contributed by atoms with Crippen molar-refractivity contribution in [1.82, 2.24) is 4.90 Å². The molecule has 1 amide bonds. The summed E-state index contributed by atoms with van der Waals surface area (Å²) < 4.78 is 59.7. The third-order valence-corrected chi connectivity index (χ3v) is 5.58. The van der Waals surface area contributed by atoms with Crippen molar-refractivity contribution in [2.24, 2.45) is 4.99 Å². The van der Waals surface area contributed by atoms with Crippen LogP contribution in [0.1, 0.15) is 16.7 Å². The van der Waals surface area contributed by atoms with Gasteiger partial charge < -0.3 is 19.8 Å². The molecule has 0 atom stereocenters. The van der Waals surface area contributed by atoms with Gasteiger partial charge in [0.2, 0.25) is 0 Å². The number of aliphatic hydroxyl groups excluding tert-OH is 2. The third-order valence-electron chi connectivity index (χ3n) is 4.53. The van der Waals surface area contributed by atoms with E-state index in [1.807, 2.05) is 0 Å². The summed E-state index contributed by atoms with van der Waals surface area (Å²) in [5, 5.41) is 18.5. The van der Waals surface area contributed by atoms with Crippen LogP contribution < -0.4 is 4.74 Å². The summed E-state index contributed by atoms with van der Waals surface area (Å²) in [6.45, 7) is 1.46. The summed E-state index contributed by atoms with van der Waals surface area (Å²) in [4.78, 5) is 17.8. The van der Waals surface area contributed by atoms with Gasteiger partial charge in [-0.3, -0.25) is 4.79 Å². The summed E-state index contributed by atoms with van der Waals surface area (Å²) >= 11 is 1.01. The molecule has 1 heterocycles. The van der Waals surface area contributed by atoms with Gasteiger partial charge >= 0.3 is 6.18 Å².